The number of hydrogen-bond donors (Lipinski definition) is 1. The lowest BCUT2D eigenvalue weighted by molar-refractivity contribution is 0.0393. The smallest absolute Gasteiger partial charge is 0.348 e. The fourth-order valence-electron chi connectivity index (χ4n) is 3.08. The lowest BCUT2D eigenvalue weighted by Crippen LogP contribution is -2.11. The minimum Gasteiger partial charge on any atom is -0.462 e. The first-order chi connectivity index (χ1) is 16.9. The third-order valence-electron chi connectivity index (χ3n) is 4.88. The Morgan fingerprint density at radius 2 is 1.89 bits per heavy atom. The second-order valence-electron chi connectivity index (χ2n) is 7.33. The van der Waals surface area contributed by atoms with E-state index in [1.165, 1.54) is 24.6 Å². The van der Waals surface area contributed by atoms with Gasteiger partial charge in [0.25, 0.3) is 0 Å². The Balaban J connectivity index is 1.89. The number of carbonyl (C=O) groups is 2. The van der Waals surface area contributed by atoms with Crippen molar-refractivity contribution in [1.29, 1.82) is 5.26 Å². The van der Waals surface area contributed by atoms with E-state index in [0.717, 1.165) is 28.2 Å². The highest BCUT2D eigenvalue weighted by molar-refractivity contribution is 7.18. The molecule has 1 aromatic carbocycles. The molecule has 0 saturated heterocycles. The zero-order valence-corrected chi connectivity index (χ0v) is 21.5. The van der Waals surface area contributed by atoms with E-state index in [9.17, 15) is 14.9 Å². The van der Waals surface area contributed by atoms with Crippen LogP contribution in [-0.2, 0) is 14.2 Å². The van der Waals surface area contributed by atoms with Crippen molar-refractivity contribution in [3.63, 3.8) is 0 Å². The van der Waals surface area contributed by atoms with E-state index in [0.29, 0.717) is 21.1 Å². The molecule has 0 atom stereocenters. The average Bonchev–Trinajstić information content (AvgIpc) is 3.45. The molecule has 1 N–H and O–H groups in total. The van der Waals surface area contributed by atoms with E-state index in [4.69, 9.17) is 14.2 Å². The zero-order valence-electron chi connectivity index (χ0n) is 19.8. The minimum absolute atomic E-state index is 0.0933. The van der Waals surface area contributed by atoms with Gasteiger partial charge in [-0.2, -0.15) is 5.26 Å². The number of aromatic nitrogens is 1. The molecule has 3 aromatic rings. The summed E-state index contributed by atoms with van der Waals surface area (Å²) in [5.41, 5.74) is 3.84. The first-order valence-electron chi connectivity index (χ1n) is 10.8. The van der Waals surface area contributed by atoms with E-state index in [1.54, 1.807) is 13.8 Å². The molecule has 0 unspecified atom stereocenters. The number of esters is 2. The number of aryl methyl sites for hydroxylation is 1. The maximum atomic E-state index is 12.6. The Bertz CT molecular complexity index is 1270. The summed E-state index contributed by atoms with van der Waals surface area (Å²) in [5, 5.41) is 15.5. The molecule has 10 heteroatoms. The van der Waals surface area contributed by atoms with Crippen LogP contribution >= 0.6 is 22.7 Å². The van der Waals surface area contributed by atoms with Gasteiger partial charge in [-0.15, -0.1) is 22.7 Å². The molecule has 0 radical (unpaired) electrons. The number of methoxy groups -OCH3 is 1. The molecule has 182 valence electrons. The highest BCUT2D eigenvalue weighted by Crippen LogP contribution is 2.35. The second kappa shape index (κ2) is 12.3. The maximum absolute atomic E-state index is 12.6. The van der Waals surface area contributed by atoms with Gasteiger partial charge in [0.05, 0.1) is 24.5 Å². The average molecular weight is 512 g/mol. The summed E-state index contributed by atoms with van der Waals surface area (Å²) < 4.78 is 15.3. The van der Waals surface area contributed by atoms with E-state index >= 15 is 0 Å². The number of nitrogens with one attached hydrogen (secondary N) is 1. The van der Waals surface area contributed by atoms with E-state index in [1.807, 2.05) is 36.6 Å². The molecule has 35 heavy (non-hydrogen) atoms. The van der Waals surface area contributed by atoms with Crippen molar-refractivity contribution in [2.75, 3.05) is 32.2 Å². The lowest BCUT2D eigenvalue weighted by atomic mass is 10.1. The van der Waals surface area contributed by atoms with Gasteiger partial charge in [-0.25, -0.2) is 14.6 Å². The van der Waals surface area contributed by atoms with Gasteiger partial charge in [0.15, 0.2) is 0 Å². The highest BCUT2D eigenvalue weighted by atomic mass is 32.1. The molecule has 0 aliphatic heterocycles. The van der Waals surface area contributed by atoms with Crippen LogP contribution in [0.2, 0.25) is 0 Å². The molecule has 0 aliphatic rings. The van der Waals surface area contributed by atoms with Crippen LogP contribution in [0.3, 0.4) is 0 Å². The van der Waals surface area contributed by atoms with Crippen molar-refractivity contribution in [3.8, 4) is 17.3 Å². The molecule has 0 fully saturated rings. The first-order valence-corrected chi connectivity index (χ1v) is 12.5. The van der Waals surface area contributed by atoms with Crippen LogP contribution in [0.4, 0.5) is 5.00 Å². The second-order valence-corrected chi connectivity index (χ2v) is 9.21. The molecule has 0 bridgehead atoms. The van der Waals surface area contributed by atoms with Gasteiger partial charge in [0.2, 0.25) is 0 Å². The Hall–Kier alpha value is -3.52. The normalized spacial score (nSPS) is 11.1. The predicted molar refractivity (Wildman–Crippen MR) is 137 cm³/mol. The number of nitriles is 1. The van der Waals surface area contributed by atoms with Crippen LogP contribution in [0.15, 0.2) is 35.8 Å². The predicted octanol–water partition coefficient (Wildman–Crippen LogP) is 5.44. The number of thiophene rings is 1. The van der Waals surface area contributed by atoms with Crippen molar-refractivity contribution in [1.82, 2.24) is 4.98 Å². The Kier molecular flexibility index (Phi) is 9.14. The lowest BCUT2D eigenvalue weighted by Gasteiger charge is -2.05. The summed E-state index contributed by atoms with van der Waals surface area (Å²) in [6.45, 7) is 5.91. The van der Waals surface area contributed by atoms with Crippen LogP contribution in [-0.4, -0.2) is 43.9 Å². The molecule has 2 aromatic heterocycles. The van der Waals surface area contributed by atoms with Crippen molar-refractivity contribution in [2.45, 2.75) is 20.8 Å². The van der Waals surface area contributed by atoms with E-state index in [-0.39, 0.29) is 30.3 Å². The quantitative estimate of drug-likeness (QED) is 0.217. The molecule has 0 aliphatic carbocycles. The molecule has 8 nitrogen and oxygen atoms in total. The van der Waals surface area contributed by atoms with Gasteiger partial charge in [0.1, 0.15) is 33.1 Å². The zero-order chi connectivity index (χ0) is 25.4. The monoisotopic (exact) mass is 511 g/mol. The number of nitrogens with zero attached hydrogens (tertiary/aromatic N) is 2. The van der Waals surface area contributed by atoms with E-state index < -0.39 is 11.9 Å². The Labute approximate surface area is 211 Å². The molecule has 3 rings (SSSR count). The summed E-state index contributed by atoms with van der Waals surface area (Å²) in [5.74, 6) is -1.13. The summed E-state index contributed by atoms with van der Waals surface area (Å²) in [6, 6.07) is 10.1. The maximum Gasteiger partial charge on any atom is 0.348 e. The molecule has 0 amide bonds. The van der Waals surface area contributed by atoms with Crippen LogP contribution in [0.25, 0.3) is 16.8 Å². The van der Waals surface area contributed by atoms with Crippen molar-refractivity contribution >= 4 is 45.2 Å². The van der Waals surface area contributed by atoms with Crippen molar-refractivity contribution < 1.29 is 23.8 Å². The van der Waals surface area contributed by atoms with Crippen molar-refractivity contribution in [3.05, 3.63) is 62.4 Å². The van der Waals surface area contributed by atoms with Gasteiger partial charge in [-0.3, -0.25) is 0 Å². The molecule has 0 spiro atoms. The third kappa shape index (κ3) is 6.33. The number of thiazole rings is 1. The number of carbonyl (C=O) groups excluding carboxylic acids is 2. The SMILES string of the molecule is CCOC(=O)c1c(N/C=C(/C#N)c2nc(-c3ccc(C)cc3)cs2)sc(C(=O)OCCOC)c1C. The van der Waals surface area contributed by atoms with Gasteiger partial charge in [0, 0.05) is 24.3 Å². The third-order valence-corrected chi connectivity index (χ3v) is 6.96. The van der Waals surface area contributed by atoms with E-state index in [2.05, 4.69) is 16.4 Å². The molecule has 2 heterocycles. The van der Waals surface area contributed by atoms with Gasteiger partial charge in [-0.1, -0.05) is 29.8 Å². The number of hydrogen-bond acceptors (Lipinski definition) is 10. The molecule has 0 saturated carbocycles. The van der Waals surface area contributed by atoms with Gasteiger partial charge < -0.3 is 19.5 Å². The Morgan fingerprint density at radius 1 is 1.14 bits per heavy atom. The van der Waals surface area contributed by atoms with Crippen molar-refractivity contribution in [2.24, 2.45) is 0 Å². The summed E-state index contributed by atoms with van der Waals surface area (Å²) in [6.07, 6.45) is 1.48. The molecular weight excluding hydrogens is 486 g/mol. The fourth-order valence-corrected chi connectivity index (χ4v) is 4.93. The number of allylic oxidation sites excluding steroid dienone is 1. The van der Waals surface area contributed by atoms with Crippen LogP contribution in [0.1, 0.15) is 43.1 Å². The largest absolute Gasteiger partial charge is 0.462 e. The Morgan fingerprint density at radius 3 is 2.54 bits per heavy atom. The summed E-state index contributed by atoms with van der Waals surface area (Å²) >= 11 is 2.40. The number of anilines is 1. The van der Waals surface area contributed by atoms with Crippen LogP contribution < -0.4 is 5.32 Å². The van der Waals surface area contributed by atoms with Gasteiger partial charge >= 0.3 is 11.9 Å². The number of rotatable bonds is 10. The fraction of sp³-hybridized carbons (Fsp3) is 0.280. The highest BCUT2D eigenvalue weighted by Gasteiger charge is 2.26. The number of benzene rings is 1. The molecular formula is C25H25N3O5S2. The van der Waals surface area contributed by atoms with Gasteiger partial charge in [-0.05, 0) is 26.3 Å². The summed E-state index contributed by atoms with van der Waals surface area (Å²) in [4.78, 5) is 30.0. The van der Waals surface area contributed by atoms with Crippen LogP contribution in [0, 0.1) is 25.2 Å². The van der Waals surface area contributed by atoms with Crippen LogP contribution in [0.5, 0.6) is 0 Å². The minimum atomic E-state index is -0.567. The first kappa shape index (κ1) is 26.1. The number of ether oxygens (including phenoxy) is 3. The summed E-state index contributed by atoms with van der Waals surface area (Å²) in [7, 11) is 1.51. The topological polar surface area (TPSA) is 111 Å². The standard InChI is InChI=1S/C25H25N3O5S2/c1-5-32-24(29)20-16(3)21(25(30)33-11-10-31-4)35-23(20)27-13-18(12-26)22-28-19(14-34-22)17-8-6-15(2)7-9-17/h6-9,13-14,27H,5,10-11H2,1-4H3/b18-13-.